The van der Waals surface area contributed by atoms with Crippen molar-refractivity contribution in [3.63, 3.8) is 0 Å². The van der Waals surface area contributed by atoms with Crippen LogP contribution in [0.1, 0.15) is 74.5 Å². The number of carbonyl (C=O) groups is 1. The first-order valence-corrected chi connectivity index (χ1v) is 9.88. The lowest BCUT2D eigenvalue weighted by Crippen LogP contribution is -2.49. The average molecular weight is 355 g/mol. The summed E-state index contributed by atoms with van der Waals surface area (Å²) in [7, 11) is 0. The van der Waals surface area contributed by atoms with Crippen molar-refractivity contribution >= 4 is 16.9 Å². The van der Waals surface area contributed by atoms with E-state index in [0.29, 0.717) is 18.4 Å². The van der Waals surface area contributed by atoms with Gasteiger partial charge in [-0.15, -0.1) is 0 Å². The molecule has 2 atom stereocenters. The molecule has 1 aliphatic heterocycles. The maximum atomic E-state index is 13.5. The van der Waals surface area contributed by atoms with Crippen LogP contribution in [0.2, 0.25) is 0 Å². The number of likely N-dealkylation sites (tertiary alicyclic amines) is 1. The topological polar surface area (TPSA) is 77.0 Å². The van der Waals surface area contributed by atoms with E-state index in [2.05, 4.69) is 25.9 Å². The van der Waals surface area contributed by atoms with Gasteiger partial charge < -0.3 is 10.6 Å². The lowest BCUT2D eigenvalue weighted by molar-refractivity contribution is 0.0575. The van der Waals surface area contributed by atoms with Crippen molar-refractivity contribution < 1.29 is 4.79 Å². The fraction of sp³-hybridized carbons (Fsp3) is 0.650. The summed E-state index contributed by atoms with van der Waals surface area (Å²) in [4.78, 5) is 20.3. The number of fused-ring (bicyclic) bond motifs is 1. The van der Waals surface area contributed by atoms with Gasteiger partial charge in [0, 0.05) is 36.8 Å². The van der Waals surface area contributed by atoms with Crippen LogP contribution in [0, 0.1) is 5.92 Å². The van der Waals surface area contributed by atoms with Crippen molar-refractivity contribution in [2.45, 2.75) is 64.5 Å². The lowest BCUT2D eigenvalue weighted by atomic mass is 9.91. The van der Waals surface area contributed by atoms with Gasteiger partial charge in [-0.2, -0.15) is 5.10 Å². The van der Waals surface area contributed by atoms with Crippen LogP contribution in [-0.2, 0) is 0 Å². The molecular weight excluding hydrogens is 326 g/mol. The highest BCUT2D eigenvalue weighted by Crippen LogP contribution is 2.40. The zero-order valence-corrected chi connectivity index (χ0v) is 16.0. The number of nitrogens with zero attached hydrogens (tertiary/aromatic N) is 4. The number of piperidine rings is 1. The normalized spacial score (nSPS) is 23.8. The minimum Gasteiger partial charge on any atom is -0.334 e. The molecule has 0 spiro atoms. The number of nitrogens with two attached hydrogens (primary N) is 1. The highest BCUT2D eigenvalue weighted by atomic mass is 16.2. The molecular formula is C20H29N5O. The lowest BCUT2D eigenvalue weighted by Gasteiger charge is -2.38. The summed E-state index contributed by atoms with van der Waals surface area (Å²) in [6, 6.07) is 2.35. The van der Waals surface area contributed by atoms with Crippen molar-refractivity contribution in [1.82, 2.24) is 19.7 Å². The first kappa shape index (κ1) is 17.5. The highest BCUT2D eigenvalue weighted by molar-refractivity contribution is 6.05. The van der Waals surface area contributed by atoms with Gasteiger partial charge in [-0.1, -0.05) is 6.92 Å². The molecule has 2 unspecified atom stereocenters. The molecule has 1 aliphatic carbocycles. The molecule has 1 saturated heterocycles. The fourth-order valence-corrected chi connectivity index (χ4v) is 4.08. The number of amides is 1. The second-order valence-corrected chi connectivity index (χ2v) is 8.31. The molecule has 2 aromatic heterocycles. The molecule has 2 aliphatic rings. The molecule has 0 bridgehead atoms. The first-order chi connectivity index (χ1) is 12.5. The van der Waals surface area contributed by atoms with Gasteiger partial charge >= 0.3 is 0 Å². The van der Waals surface area contributed by atoms with E-state index in [9.17, 15) is 4.79 Å². The number of carbonyl (C=O) groups excluding carboxylic acids is 1. The summed E-state index contributed by atoms with van der Waals surface area (Å²) >= 11 is 0. The number of aromatic nitrogens is 3. The Bertz CT molecular complexity index is 823. The van der Waals surface area contributed by atoms with Gasteiger partial charge in [0.25, 0.3) is 5.91 Å². The van der Waals surface area contributed by atoms with Crippen LogP contribution in [0.5, 0.6) is 0 Å². The smallest absolute Gasteiger partial charge is 0.255 e. The molecule has 6 nitrogen and oxygen atoms in total. The fourth-order valence-electron chi connectivity index (χ4n) is 4.08. The summed E-state index contributed by atoms with van der Waals surface area (Å²) in [5.74, 6) is 1.20. The Balaban J connectivity index is 1.78. The molecule has 0 aromatic carbocycles. The van der Waals surface area contributed by atoms with Crippen molar-refractivity contribution in [3.05, 3.63) is 23.5 Å². The van der Waals surface area contributed by atoms with Crippen molar-refractivity contribution in [2.24, 2.45) is 11.7 Å². The average Bonchev–Trinajstić information content (AvgIpc) is 3.39. The first-order valence-electron chi connectivity index (χ1n) is 9.88. The minimum atomic E-state index is 0.0879. The van der Waals surface area contributed by atoms with Crippen LogP contribution >= 0.6 is 0 Å². The summed E-state index contributed by atoms with van der Waals surface area (Å²) < 4.78 is 1.93. The maximum Gasteiger partial charge on any atom is 0.255 e. The van der Waals surface area contributed by atoms with Crippen molar-refractivity contribution in [3.8, 4) is 0 Å². The Kier molecular flexibility index (Phi) is 4.47. The molecule has 2 aromatic rings. The Morgan fingerprint density at radius 1 is 1.35 bits per heavy atom. The zero-order chi connectivity index (χ0) is 18.4. The summed E-state index contributed by atoms with van der Waals surface area (Å²) in [6.07, 6.45) is 6.15. The van der Waals surface area contributed by atoms with Crippen LogP contribution < -0.4 is 5.73 Å². The number of hydrogen-bond donors (Lipinski definition) is 1. The molecule has 4 rings (SSSR count). The van der Waals surface area contributed by atoms with Crippen LogP contribution in [0.3, 0.4) is 0 Å². The van der Waals surface area contributed by atoms with E-state index in [1.54, 1.807) is 6.20 Å². The third kappa shape index (κ3) is 3.00. The third-order valence-electron chi connectivity index (χ3n) is 5.81. The van der Waals surface area contributed by atoms with Crippen LogP contribution in [0.15, 0.2) is 12.3 Å². The standard InChI is InChI=1S/C20H29N5O/c1-12(2)25-19-17(11-22-25)16(9-18(23-19)14-4-5-14)20(26)24-7-6-13(3)8-15(24)10-21/h9,11-15H,4-8,10,21H2,1-3H3. The molecule has 6 heteroatoms. The largest absolute Gasteiger partial charge is 0.334 e. The predicted octanol–water partition coefficient (Wildman–Crippen LogP) is 3.09. The second-order valence-electron chi connectivity index (χ2n) is 8.31. The molecule has 26 heavy (non-hydrogen) atoms. The SMILES string of the molecule is CC1CCN(C(=O)c2cc(C3CC3)nc3c2cnn3C(C)C)C(CN)C1. The van der Waals surface area contributed by atoms with Crippen LogP contribution in [0.25, 0.3) is 11.0 Å². The third-order valence-corrected chi connectivity index (χ3v) is 5.81. The molecule has 1 saturated carbocycles. The Labute approximate surface area is 154 Å². The Hall–Kier alpha value is -1.95. The van der Waals surface area contributed by atoms with E-state index in [0.717, 1.165) is 54.5 Å². The summed E-state index contributed by atoms with van der Waals surface area (Å²) in [5, 5.41) is 5.38. The maximum absolute atomic E-state index is 13.5. The summed E-state index contributed by atoms with van der Waals surface area (Å²) in [5.41, 5.74) is 8.62. The van der Waals surface area contributed by atoms with E-state index >= 15 is 0 Å². The van der Waals surface area contributed by atoms with Gasteiger partial charge in [-0.3, -0.25) is 4.79 Å². The van der Waals surface area contributed by atoms with E-state index in [-0.39, 0.29) is 18.0 Å². The predicted molar refractivity (Wildman–Crippen MR) is 102 cm³/mol. The molecule has 2 N–H and O–H groups in total. The highest BCUT2D eigenvalue weighted by Gasteiger charge is 2.33. The molecule has 2 fully saturated rings. The Morgan fingerprint density at radius 2 is 2.12 bits per heavy atom. The zero-order valence-electron chi connectivity index (χ0n) is 16.0. The molecule has 0 radical (unpaired) electrons. The van der Waals surface area contributed by atoms with Crippen molar-refractivity contribution in [2.75, 3.05) is 13.1 Å². The van der Waals surface area contributed by atoms with E-state index in [1.165, 1.54) is 0 Å². The molecule has 140 valence electrons. The van der Waals surface area contributed by atoms with Gasteiger partial charge in [0.2, 0.25) is 0 Å². The number of pyridine rings is 1. The van der Waals surface area contributed by atoms with Crippen molar-refractivity contribution in [1.29, 1.82) is 0 Å². The Morgan fingerprint density at radius 3 is 2.77 bits per heavy atom. The van der Waals surface area contributed by atoms with Gasteiger partial charge in [-0.05, 0) is 51.5 Å². The van der Waals surface area contributed by atoms with Gasteiger partial charge in [0.15, 0.2) is 5.65 Å². The molecule has 3 heterocycles. The van der Waals surface area contributed by atoms with Gasteiger partial charge in [0.1, 0.15) is 0 Å². The monoisotopic (exact) mass is 355 g/mol. The minimum absolute atomic E-state index is 0.0879. The van der Waals surface area contributed by atoms with Gasteiger partial charge in [0.05, 0.1) is 17.1 Å². The van der Waals surface area contributed by atoms with Crippen LogP contribution in [-0.4, -0.2) is 44.7 Å². The van der Waals surface area contributed by atoms with E-state index < -0.39 is 0 Å². The van der Waals surface area contributed by atoms with E-state index in [1.807, 2.05) is 15.6 Å². The summed E-state index contributed by atoms with van der Waals surface area (Å²) in [6.45, 7) is 7.73. The van der Waals surface area contributed by atoms with E-state index in [4.69, 9.17) is 10.7 Å². The quantitative estimate of drug-likeness (QED) is 0.914. The van der Waals surface area contributed by atoms with Gasteiger partial charge in [-0.25, -0.2) is 9.67 Å². The number of rotatable bonds is 4. The van der Waals surface area contributed by atoms with Crippen LogP contribution in [0.4, 0.5) is 0 Å². The molecule has 1 amide bonds. The number of hydrogen-bond acceptors (Lipinski definition) is 4. The second kappa shape index (κ2) is 6.65.